The Labute approximate surface area is 159 Å². The SMILES string of the molecule is CCC(=O)N1C[C@H]2CC1c1c(O)n(-c3ccc(C#N)c4ncccc34)c(=O)n12. The number of pyridine rings is 1. The normalized spacial score (nSPS) is 19.8. The van der Waals surface area contributed by atoms with Crippen LogP contribution in [0.2, 0.25) is 0 Å². The van der Waals surface area contributed by atoms with Gasteiger partial charge in [0.25, 0.3) is 0 Å². The minimum atomic E-state index is -0.335. The van der Waals surface area contributed by atoms with Crippen LogP contribution in [-0.2, 0) is 4.79 Å². The molecule has 1 N–H and O–H groups in total. The molecule has 8 nitrogen and oxygen atoms in total. The third kappa shape index (κ3) is 1.96. The lowest BCUT2D eigenvalue weighted by Crippen LogP contribution is -2.37. The molecule has 0 aliphatic carbocycles. The van der Waals surface area contributed by atoms with Crippen molar-refractivity contribution in [2.24, 2.45) is 0 Å². The number of nitrogens with zero attached hydrogens (tertiary/aromatic N) is 5. The van der Waals surface area contributed by atoms with Crippen LogP contribution < -0.4 is 5.69 Å². The Morgan fingerprint density at radius 3 is 2.96 bits per heavy atom. The number of amides is 1. The van der Waals surface area contributed by atoms with Crippen LogP contribution in [-0.4, -0.2) is 36.6 Å². The largest absolute Gasteiger partial charge is 0.493 e. The van der Waals surface area contributed by atoms with Crippen LogP contribution in [0.15, 0.2) is 35.3 Å². The van der Waals surface area contributed by atoms with Crippen molar-refractivity contribution in [1.29, 1.82) is 5.26 Å². The third-order valence-corrected chi connectivity index (χ3v) is 5.79. The van der Waals surface area contributed by atoms with Crippen LogP contribution in [0.25, 0.3) is 16.6 Å². The van der Waals surface area contributed by atoms with Crippen molar-refractivity contribution in [2.45, 2.75) is 31.8 Å². The number of imidazole rings is 1. The molecule has 1 aromatic carbocycles. The molecular weight excluding hydrogens is 358 g/mol. The second kappa shape index (κ2) is 5.70. The number of benzene rings is 1. The summed E-state index contributed by atoms with van der Waals surface area (Å²) >= 11 is 0. The lowest BCUT2D eigenvalue weighted by atomic mass is 10.1. The number of fused-ring (bicyclic) bond motifs is 6. The third-order valence-electron chi connectivity index (χ3n) is 5.79. The van der Waals surface area contributed by atoms with Crippen molar-refractivity contribution in [3.05, 3.63) is 52.2 Å². The number of aromatic nitrogens is 3. The van der Waals surface area contributed by atoms with Gasteiger partial charge in [-0.1, -0.05) is 6.92 Å². The standard InChI is InChI=1S/C20H17N5O3/c1-2-16(26)23-10-12-8-15(23)18-19(27)25(20(28)24(12)18)14-6-5-11(9-21)17-13(14)4-3-7-22-17/h3-7,12,15,27H,2,8,10H2,1H3/t12-,15?/m1/s1. The van der Waals surface area contributed by atoms with Crippen LogP contribution >= 0.6 is 0 Å². The zero-order chi connectivity index (χ0) is 19.6. The van der Waals surface area contributed by atoms with Crippen LogP contribution in [0.1, 0.15) is 43.1 Å². The Bertz CT molecular complexity index is 1250. The molecule has 4 heterocycles. The summed E-state index contributed by atoms with van der Waals surface area (Å²) in [6.07, 6.45) is 2.63. The molecule has 140 valence electrons. The minimum absolute atomic E-state index is 0.0198. The average molecular weight is 375 g/mol. The molecule has 1 saturated heterocycles. The first-order valence-electron chi connectivity index (χ1n) is 9.20. The first-order valence-corrected chi connectivity index (χ1v) is 9.20. The number of likely N-dealkylation sites (tertiary alicyclic amines) is 1. The summed E-state index contributed by atoms with van der Waals surface area (Å²) < 4.78 is 2.87. The van der Waals surface area contributed by atoms with Gasteiger partial charge in [-0.15, -0.1) is 0 Å². The van der Waals surface area contributed by atoms with Crippen molar-refractivity contribution >= 4 is 16.8 Å². The van der Waals surface area contributed by atoms with E-state index in [2.05, 4.69) is 11.1 Å². The molecular formula is C20H17N5O3. The highest BCUT2D eigenvalue weighted by Gasteiger charge is 2.48. The lowest BCUT2D eigenvalue weighted by molar-refractivity contribution is -0.132. The van der Waals surface area contributed by atoms with Crippen LogP contribution in [0.4, 0.5) is 0 Å². The van der Waals surface area contributed by atoms with Gasteiger partial charge in [0.15, 0.2) is 0 Å². The smallest absolute Gasteiger partial charge is 0.336 e. The Morgan fingerprint density at radius 2 is 2.21 bits per heavy atom. The molecule has 1 amide bonds. The highest BCUT2D eigenvalue weighted by Crippen LogP contribution is 2.48. The maximum atomic E-state index is 13.2. The summed E-state index contributed by atoms with van der Waals surface area (Å²) in [7, 11) is 0. The van der Waals surface area contributed by atoms with Gasteiger partial charge in [0.2, 0.25) is 11.8 Å². The second-order valence-corrected chi connectivity index (χ2v) is 7.15. The van der Waals surface area contributed by atoms with Crippen molar-refractivity contribution < 1.29 is 9.90 Å². The summed E-state index contributed by atoms with van der Waals surface area (Å²) in [5, 5.41) is 20.9. The maximum Gasteiger partial charge on any atom is 0.336 e. The number of aromatic hydroxyl groups is 1. The Morgan fingerprint density at radius 1 is 1.39 bits per heavy atom. The van der Waals surface area contributed by atoms with Crippen LogP contribution in [0, 0.1) is 11.3 Å². The number of nitriles is 1. The second-order valence-electron chi connectivity index (χ2n) is 7.15. The van der Waals surface area contributed by atoms with E-state index in [9.17, 15) is 20.0 Å². The summed E-state index contributed by atoms with van der Waals surface area (Å²) in [6.45, 7) is 2.30. The van der Waals surface area contributed by atoms with Crippen LogP contribution in [0.5, 0.6) is 5.88 Å². The van der Waals surface area contributed by atoms with E-state index in [-0.39, 0.29) is 29.6 Å². The molecule has 0 spiro atoms. The van der Waals surface area contributed by atoms with Gasteiger partial charge in [-0.05, 0) is 30.7 Å². The van der Waals surface area contributed by atoms with E-state index in [1.54, 1.807) is 39.9 Å². The first-order chi connectivity index (χ1) is 13.6. The Kier molecular flexibility index (Phi) is 3.37. The van der Waals surface area contributed by atoms with Gasteiger partial charge in [-0.25, -0.2) is 9.36 Å². The monoisotopic (exact) mass is 375 g/mol. The molecule has 1 fully saturated rings. The maximum absolute atomic E-state index is 13.2. The fourth-order valence-electron chi connectivity index (χ4n) is 4.58. The van der Waals surface area contributed by atoms with Crippen molar-refractivity contribution in [1.82, 2.24) is 19.0 Å². The van der Waals surface area contributed by atoms with Gasteiger partial charge in [-0.3, -0.25) is 14.3 Å². The zero-order valence-electron chi connectivity index (χ0n) is 15.2. The number of hydrogen-bond donors (Lipinski definition) is 1. The van der Waals surface area contributed by atoms with Gasteiger partial charge in [-0.2, -0.15) is 5.26 Å². The number of rotatable bonds is 2. The Balaban J connectivity index is 1.74. The topological polar surface area (TPSA) is 104 Å². The van der Waals surface area contributed by atoms with Gasteiger partial charge >= 0.3 is 5.69 Å². The molecule has 0 radical (unpaired) electrons. The van der Waals surface area contributed by atoms with Gasteiger partial charge in [0.05, 0.1) is 28.9 Å². The lowest BCUT2D eigenvalue weighted by Gasteiger charge is -2.27. The van der Waals surface area contributed by atoms with E-state index >= 15 is 0 Å². The molecule has 2 bridgehead atoms. The average Bonchev–Trinajstić information content (AvgIpc) is 3.38. The van der Waals surface area contributed by atoms with Crippen molar-refractivity contribution in [3.63, 3.8) is 0 Å². The number of hydrogen-bond acceptors (Lipinski definition) is 5. The quantitative estimate of drug-likeness (QED) is 0.738. The van der Waals surface area contributed by atoms with Crippen molar-refractivity contribution in [3.8, 4) is 17.6 Å². The zero-order valence-corrected chi connectivity index (χ0v) is 15.2. The summed E-state index contributed by atoms with van der Waals surface area (Å²) in [5.41, 5.74) is 1.51. The summed E-state index contributed by atoms with van der Waals surface area (Å²) in [4.78, 5) is 31.5. The molecule has 2 aliphatic rings. The van der Waals surface area contributed by atoms with Gasteiger partial charge < -0.3 is 10.0 Å². The molecule has 0 saturated carbocycles. The fraction of sp³-hybridized carbons (Fsp3) is 0.300. The van der Waals surface area contributed by atoms with E-state index in [1.165, 1.54) is 4.57 Å². The molecule has 2 atom stereocenters. The van der Waals surface area contributed by atoms with Crippen LogP contribution in [0.3, 0.4) is 0 Å². The van der Waals surface area contributed by atoms with E-state index in [4.69, 9.17) is 0 Å². The molecule has 8 heteroatoms. The minimum Gasteiger partial charge on any atom is -0.493 e. The predicted molar refractivity (Wildman–Crippen MR) is 100 cm³/mol. The van der Waals surface area contributed by atoms with Gasteiger partial charge in [0, 0.05) is 24.5 Å². The molecule has 28 heavy (non-hydrogen) atoms. The Hall–Kier alpha value is -3.60. The molecule has 2 aliphatic heterocycles. The molecule has 1 unspecified atom stereocenters. The summed E-state index contributed by atoms with van der Waals surface area (Å²) in [6, 6.07) is 8.44. The molecule has 2 aromatic heterocycles. The van der Waals surface area contributed by atoms with Gasteiger partial charge in [0.1, 0.15) is 11.8 Å². The number of carbonyl (C=O) groups excluding carboxylic acids is 1. The molecule has 5 rings (SSSR count). The summed E-state index contributed by atoms with van der Waals surface area (Å²) in [5.74, 6) is -0.132. The van der Waals surface area contributed by atoms with E-state index < -0.39 is 0 Å². The molecule has 3 aromatic rings. The number of carbonyl (C=O) groups is 1. The highest BCUT2D eigenvalue weighted by atomic mass is 16.3. The predicted octanol–water partition coefficient (Wildman–Crippen LogP) is 2.00. The highest BCUT2D eigenvalue weighted by molar-refractivity contribution is 5.91. The van der Waals surface area contributed by atoms with E-state index in [0.29, 0.717) is 47.2 Å². The first kappa shape index (κ1) is 16.6. The van der Waals surface area contributed by atoms with E-state index in [0.717, 1.165) is 0 Å². The van der Waals surface area contributed by atoms with E-state index in [1.807, 2.05) is 6.92 Å². The van der Waals surface area contributed by atoms with Crippen molar-refractivity contribution in [2.75, 3.05) is 6.54 Å². The fourth-order valence-corrected chi connectivity index (χ4v) is 4.58.